The lowest BCUT2D eigenvalue weighted by atomic mass is 9.98. The second-order valence-electron chi connectivity index (χ2n) is 9.47. The summed E-state index contributed by atoms with van der Waals surface area (Å²) in [5, 5.41) is 5.28. The molecule has 1 amide bonds. The predicted molar refractivity (Wildman–Crippen MR) is 144 cm³/mol. The standard InChI is InChI=1S/C26H29ClN6O2S/c1-4-18-10-12-31(16-18)25-17(2)15-33-24(28-25)14-22(29-33)23-7-5-6-11-32(23)26(34)20-13-19(27)8-9-21(20)30-36(3)35/h1,8-9,13-15,18,23,30H,5-7,10-12,16H2,2-3H3. The smallest absolute Gasteiger partial charge is 0.256 e. The van der Waals surface area contributed by atoms with Crippen LogP contribution in [-0.4, -0.2) is 55.5 Å². The summed E-state index contributed by atoms with van der Waals surface area (Å²) in [5.74, 6) is 3.89. The largest absolute Gasteiger partial charge is 0.355 e. The summed E-state index contributed by atoms with van der Waals surface area (Å²) in [7, 11) is -1.32. The lowest BCUT2D eigenvalue weighted by Gasteiger charge is -2.35. The highest BCUT2D eigenvalue weighted by molar-refractivity contribution is 7.85. The number of halogens is 1. The van der Waals surface area contributed by atoms with Crippen LogP contribution in [0.4, 0.5) is 11.5 Å². The van der Waals surface area contributed by atoms with Crippen LogP contribution in [0.2, 0.25) is 5.02 Å². The van der Waals surface area contributed by atoms with E-state index in [4.69, 9.17) is 28.1 Å². The van der Waals surface area contributed by atoms with E-state index in [0.29, 0.717) is 22.8 Å². The fraction of sp³-hybridized carbons (Fsp3) is 0.423. The minimum atomic E-state index is -1.32. The van der Waals surface area contributed by atoms with Gasteiger partial charge >= 0.3 is 0 Å². The number of nitrogens with one attached hydrogen (secondary N) is 1. The van der Waals surface area contributed by atoms with Crippen LogP contribution in [-0.2, 0) is 11.0 Å². The first kappa shape index (κ1) is 24.6. The molecule has 2 aliphatic rings. The molecular formula is C26H29ClN6O2S. The lowest BCUT2D eigenvalue weighted by Crippen LogP contribution is -2.39. The Hall–Kier alpha value is -3.09. The third kappa shape index (κ3) is 4.80. The quantitative estimate of drug-likeness (QED) is 0.505. The van der Waals surface area contributed by atoms with Crippen molar-refractivity contribution in [2.24, 2.45) is 5.92 Å². The summed E-state index contributed by atoms with van der Waals surface area (Å²) < 4.78 is 16.5. The first-order valence-corrected chi connectivity index (χ1v) is 14.1. The number of aromatic nitrogens is 3. The fourth-order valence-electron chi connectivity index (χ4n) is 5.17. The van der Waals surface area contributed by atoms with E-state index in [2.05, 4.69) is 15.5 Å². The lowest BCUT2D eigenvalue weighted by molar-refractivity contribution is 0.0607. The number of hydrogen-bond acceptors (Lipinski definition) is 5. The van der Waals surface area contributed by atoms with Gasteiger partial charge in [0.05, 0.1) is 23.0 Å². The van der Waals surface area contributed by atoms with Gasteiger partial charge in [0.1, 0.15) is 16.8 Å². The Kier molecular flexibility index (Phi) is 6.91. The molecule has 3 aromatic rings. The minimum absolute atomic E-state index is 0.158. The van der Waals surface area contributed by atoms with E-state index in [-0.39, 0.29) is 17.9 Å². The van der Waals surface area contributed by atoms with Crippen LogP contribution in [0.1, 0.15) is 53.3 Å². The topological polar surface area (TPSA) is 82.8 Å². The molecule has 188 valence electrons. The summed E-state index contributed by atoms with van der Waals surface area (Å²) in [5.41, 5.74) is 3.50. The normalized spacial score (nSPS) is 20.9. The molecule has 0 bridgehead atoms. The number of fused-ring (bicyclic) bond motifs is 1. The number of nitrogens with zero attached hydrogens (tertiary/aromatic N) is 5. The fourth-order valence-corrected chi connectivity index (χ4v) is 5.82. The molecule has 1 aromatic carbocycles. The van der Waals surface area contributed by atoms with Crippen LogP contribution in [0.3, 0.4) is 0 Å². The number of aryl methyl sites for hydroxylation is 1. The van der Waals surface area contributed by atoms with Gasteiger partial charge in [0, 0.05) is 54.7 Å². The Labute approximate surface area is 218 Å². The van der Waals surface area contributed by atoms with Gasteiger partial charge in [0.2, 0.25) is 0 Å². The Bertz CT molecular complexity index is 1380. The average Bonchev–Trinajstić information content (AvgIpc) is 3.50. The zero-order chi connectivity index (χ0) is 25.4. The van der Waals surface area contributed by atoms with Crippen molar-refractivity contribution >= 4 is 45.6 Å². The van der Waals surface area contributed by atoms with Crippen molar-refractivity contribution in [3.63, 3.8) is 0 Å². The monoisotopic (exact) mass is 524 g/mol. The highest BCUT2D eigenvalue weighted by atomic mass is 35.5. The van der Waals surface area contributed by atoms with Gasteiger partial charge < -0.3 is 14.5 Å². The van der Waals surface area contributed by atoms with E-state index in [9.17, 15) is 9.00 Å². The molecule has 10 heteroatoms. The summed E-state index contributed by atoms with van der Waals surface area (Å²) in [6.07, 6.45) is 12.8. The number of anilines is 2. The molecule has 1 N–H and O–H groups in total. The van der Waals surface area contributed by atoms with Gasteiger partial charge in [-0.1, -0.05) is 11.6 Å². The van der Waals surface area contributed by atoms with Gasteiger partial charge in [-0.25, -0.2) is 13.7 Å². The van der Waals surface area contributed by atoms with Crippen LogP contribution < -0.4 is 9.62 Å². The van der Waals surface area contributed by atoms with Crippen molar-refractivity contribution in [2.45, 2.75) is 38.6 Å². The van der Waals surface area contributed by atoms with Crippen LogP contribution in [0, 0.1) is 25.2 Å². The molecule has 0 saturated carbocycles. The molecular weight excluding hydrogens is 496 g/mol. The molecule has 2 fully saturated rings. The van der Waals surface area contributed by atoms with Crippen molar-refractivity contribution in [3.8, 4) is 12.3 Å². The van der Waals surface area contributed by atoms with Crippen LogP contribution in [0.15, 0.2) is 30.5 Å². The third-order valence-corrected chi connectivity index (χ3v) is 7.66. The molecule has 2 aliphatic heterocycles. The molecule has 2 saturated heterocycles. The van der Waals surface area contributed by atoms with Crippen LogP contribution >= 0.6 is 11.6 Å². The summed E-state index contributed by atoms with van der Waals surface area (Å²) in [6.45, 7) is 4.35. The van der Waals surface area contributed by atoms with Crippen molar-refractivity contribution in [2.75, 3.05) is 35.5 Å². The summed E-state index contributed by atoms with van der Waals surface area (Å²) >= 11 is 6.23. The Morgan fingerprint density at radius 2 is 2.08 bits per heavy atom. The maximum atomic E-state index is 13.7. The number of carbonyl (C=O) groups excluding carboxylic acids is 1. The molecule has 8 nitrogen and oxygen atoms in total. The molecule has 3 atom stereocenters. The van der Waals surface area contributed by atoms with E-state index >= 15 is 0 Å². The SMILES string of the molecule is C#CC1CCN(c2nc3cc(C4CCCCN4C(=O)c4cc(Cl)ccc4NS(C)=O)nn3cc2C)C1. The number of hydrogen-bond donors (Lipinski definition) is 1. The van der Waals surface area contributed by atoms with E-state index in [1.807, 2.05) is 24.1 Å². The van der Waals surface area contributed by atoms with Crippen LogP contribution in [0.5, 0.6) is 0 Å². The van der Waals surface area contributed by atoms with E-state index in [1.165, 1.54) is 6.26 Å². The zero-order valence-corrected chi connectivity index (χ0v) is 22.0. The number of carbonyl (C=O) groups is 1. The highest BCUT2D eigenvalue weighted by Gasteiger charge is 2.32. The number of likely N-dealkylation sites (tertiary alicyclic amines) is 1. The minimum Gasteiger partial charge on any atom is -0.355 e. The Morgan fingerprint density at radius 3 is 2.83 bits per heavy atom. The maximum Gasteiger partial charge on any atom is 0.256 e. The van der Waals surface area contributed by atoms with E-state index in [1.54, 1.807) is 22.7 Å². The molecule has 0 spiro atoms. The molecule has 5 rings (SSSR count). The number of piperidine rings is 1. The number of amides is 1. The van der Waals surface area contributed by atoms with Gasteiger partial charge in [-0.3, -0.25) is 4.79 Å². The molecule has 0 aliphatic carbocycles. The van der Waals surface area contributed by atoms with Gasteiger partial charge in [-0.05, 0) is 50.8 Å². The van der Waals surface area contributed by atoms with E-state index in [0.717, 1.165) is 61.5 Å². The third-order valence-electron chi connectivity index (χ3n) is 6.92. The van der Waals surface area contributed by atoms with Crippen molar-refractivity contribution in [3.05, 3.63) is 52.3 Å². The van der Waals surface area contributed by atoms with E-state index < -0.39 is 11.0 Å². The first-order chi connectivity index (χ1) is 17.3. The number of rotatable bonds is 5. The Morgan fingerprint density at radius 1 is 1.25 bits per heavy atom. The second kappa shape index (κ2) is 10.1. The number of benzene rings is 1. The zero-order valence-electron chi connectivity index (χ0n) is 20.4. The predicted octanol–water partition coefficient (Wildman–Crippen LogP) is 4.22. The van der Waals surface area contributed by atoms with Gasteiger partial charge in [0.15, 0.2) is 5.65 Å². The van der Waals surface area contributed by atoms with Crippen molar-refractivity contribution < 1.29 is 9.00 Å². The second-order valence-corrected chi connectivity index (χ2v) is 11.0. The maximum absolute atomic E-state index is 13.7. The average molecular weight is 525 g/mol. The molecule has 36 heavy (non-hydrogen) atoms. The Balaban J connectivity index is 1.47. The molecule has 4 heterocycles. The van der Waals surface area contributed by atoms with Gasteiger partial charge in [0.25, 0.3) is 5.91 Å². The van der Waals surface area contributed by atoms with Crippen molar-refractivity contribution in [1.29, 1.82) is 0 Å². The molecule has 2 aromatic heterocycles. The van der Waals surface area contributed by atoms with Crippen LogP contribution in [0.25, 0.3) is 5.65 Å². The summed E-state index contributed by atoms with van der Waals surface area (Å²) in [4.78, 5) is 22.8. The summed E-state index contributed by atoms with van der Waals surface area (Å²) in [6, 6.07) is 6.80. The number of terminal acetylenes is 1. The van der Waals surface area contributed by atoms with Gasteiger partial charge in [-0.2, -0.15) is 5.10 Å². The first-order valence-electron chi connectivity index (χ1n) is 12.1. The van der Waals surface area contributed by atoms with Crippen molar-refractivity contribution in [1.82, 2.24) is 19.5 Å². The molecule has 0 radical (unpaired) electrons. The highest BCUT2D eigenvalue weighted by Crippen LogP contribution is 2.34. The van der Waals surface area contributed by atoms with Gasteiger partial charge in [-0.15, -0.1) is 12.3 Å². The molecule has 3 unspecified atom stereocenters.